The van der Waals surface area contributed by atoms with Gasteiger partial charge in [-0.05, 0) is 48.3 Å². The molecule has 0 aliphatic heterocycles. The number of aromatic amines is 2. The summed E-state index contributed by atoms with van der Waals surface area (Å²) in [6.07, 6.45) is 4.72. The summed E-state index contributed by atoms with van der Waals surface area (Å²) in [4.78, 5) is 24.6. The van der Waals surface area contributed by atoms with E-state index in [-0.39, 0.29) is 5.91 Å². The van der Waals surface area contributed by atoms with Gasteiger partial charge in [-0.25, -0.2) is 9.97 Å². The van der Waals surface area contributed by atoms with Gasteiger partial charge in [-0.1, -0.05) is 12.1 Å². The van der Waals surface area contributed by atoms with Crippen molar-refractivity contribution >= 4 is 51.2 Å². The lowest BCUT2D eigenvalue weighted by Crippen LogP contribution is -2.23. The molecule has 0 aliphatic rings. The second-order valence-electron chi connectivity index (χ2n) is 7.15. The maximum Gasteiger partial charge on any atom is 0.272 e. The molecule has 0 saturated heterocycles. The molecule has 33 heavy (non-hydrogen) atoms. The van der Waals surface area contributed by atoms with E-state index in [1.165, 1.54) is 6.20 Å². The Balaban J connectivity index is 1.40. The Morgan fingerprint density at radius 3 is 2.82 bits per heavy atom. The summed E-state index contributed by atoms with van der Waals surface area (Å²) >= 11 is 0.865. The Labute approximate surface area is 192 Å². The van der Waals surface area contributed by atoms with Crippen molar-refractivity contribution in [1.82, 2.24) is 30.5 Å². The second-order valence-corrected chi connectivity index (χ2v) is 7.83. The molecule has 0 spiro atoms. The summed E-state index contributed by atoms with van der Waals surface area (Å²) in [6, 6.07) is 15.2. The number of H-pyrrole nitrogens is 2. The van der Waals surface area contributed by atoms with Crippen molar-refractivity contribution in [1.29, 1.82) is 0 Å². The third kappa shape index (κ3) is 4.22. The van der Waals surface area contributed by atoms with Crippen molar-refractivity contribution in [3.05, 3.63) is 77.8 Å². The number of benzene rings is 2. The number of nitrogens with two attached hydrogens (primary N) is 2. The highest BCUT2D eigenvalue weighted by atomic mass is 32.2. The quantitative estimate of drug-likeness (QED) is 0.211. The molecule has 164 valence electrons. The molecule has 2 aromatic carbocycles. The van der Waals surface area contributed by atoms with Crippen molar-refractivity contribution in [2.24, 2.45) is 10.9 Å². The number of nitrogens with one attached hydrogen (secondary N) is 4. The number of fused-ring (bicyclic) bond motifs is 2. The molecule has 5 rings (SSSR count). The van der Waals surface area contributed by atoms with Crippen LogP contribution in [0.5, 0.6) is 0 Å². The molecule has 11 heteroatoms. The molecule has 0 radical (unpaired) electrons. The van der Waals surface area contributed by atoms with E-state index in [9.17, 15) is 4.79 Å². The monoisotopic (exact) mass is 457 g/mol. The molecular weight excluding hydrogens is 438 g/mol. The summed E-state index contributed by atoms with van der Waals surface area (Å²) in [6.45, 7) is 0. The average molecular weight is 458 g/mol. The van der Waals surface area contributed by atoms with Gasteiger partial charge in [-0.15, -0.1) is 0 Å². The molecule has 0 bridgehead atoms. The second kappa shape index (κ2) is 8.65. The van der Waals surface area contributed by atoms with Crippen LogP contribution in [0.15, 0.2) is 72.2 Å². The number of rotatable bonds is 6. The normalized spacial score (nSPS) is 11.7. The van der Waals surface area contributed by atoms with Crippen LogP contribution in [0.4, 0.5) is 11.5 Å². The minimum atomic E-state index is -0.334. The largest absolute Gasteiger partial charge is 0.402 e. The summed E-state index contributed by atoms with van der Waals surface area (Å²) in [5, 5.41) is 20.6. The van der Waals surface area contributed by atoms with E-state index in [4.69, 9.17) is 10.9 Å². The van der Waals surface area contributed by atoms with Gasteiger partial charge in [0, 0.05) is 39.9 Å². The van der Waals surface area contributed by atoms with Gasteiger partial charge in [0.05, 0.1) is 11.7 Å². The molecular formula is C22H19N9OS. The van der Waals surface area contributed by atoms with E-state index in [2.05, 4.69) is 35.8 Å². The van der Waals surface area contributed by atoms with Gasteiger partial charge in [-0.3, -0.25) is 15.0 Å². The lowest BCUT2D eigenvalue weighted by molar-refractivity contribution is 0.0964. The van der Waals surface area contributed by atoms with Crippen LogP contribution < -0.4 is 21.5 Å². The van der Waals surface area contributed by atoms with E-state index >= 15 is 0 Å². The van der Waals surface area contributed by atoms with Crippen LogP contribution in [0.1, 0.15) is 10.5 Å². The first-order valence-corrected chi connectivity index (χ1v) is 10.8. The van der Waals surface area contributed by atoms with Crippen molar-refractivity contribution in [2.45, 2.75) is 0 Å². The van der Waals surface area contributed by atoms with Crippen LogP contribution in [-0.4, -0.2) is 31.1 Å². The van der Waals surface area contributed by atoms with Crippen molar-refractivity contribution in [3.63, 3.8) is 0 Å². The molecule has 0 fully saturated rings. The Hall–Kier alpha value is -4.35. The van der Waals surface area contributed by atoms with Gasteiger partial charge in [0.2, 0.25) is 0 Å². The van der Waals surface area contributed by atoms with Crippen LogP contribution in [-0.2, 0) is 0 Å². The van der Waals surface area contributed by atoms with E-state index in [0.717, 1.165) is 45.0 Å². The fraction of sp³-hybridized carbons (Fsp3) is 0. The van der Waals surface area contributed by atoms with E-state index < -0.39 is 0 Å². The van der Waals surface area contributed by atoms with E-state index in [1.54, 1.807) is 24.5 Å². The zero-order chi connectivity index (χ0) is 22.8. The highest BCUT2D eigenvalue weighted by molar-refractivity contribution is 8.00. The van der Waals surface area contributed by atoms with Gasteiger partial charge in [0.15, 0.2) is 5.82 Å². The lowest BCUT2D eigenvalue weighted by Gasteiger charge is -2.07. The van der Waals surface area contributed by atoms with Crippen LogP contribution in [0.2, 0.25) is 0 Å². The maximum atomic E-state index is 12.4. The number of anilines is 2. The number of aromatic nitrogens is 5. The van der Waals surface area contributed by atoms with Crippen LogP contribution in [0.25, 0.3) is 33.2 Å². The highest BCUT2D eigenvalue weighted by Gasteiger charge is 2.12. The first-order valence-electron chi connectivity index (χ1n) is 9.89. The molecule has 5 aromatic rings. The third-order valence-electron chi connectivity index (χ3n) is 5.01. The van der Waals surface area contributed by atoms with Crippen LogP contribution in [0, 0.1) is 0 Å². The molecule has 3 aromatic heterocycles. The minimum Gasteiger partial charge on any atom is -0.402 e. The average Bonchev–Trinajstić information content (AvgIpc) is 3.48. The van der Waals surface area contributed by atoms with Gasteiger partial charge >= 0.3 is 0 Å². The Morgan fingerprint density at radius 1 is 1.06 bits per heavy atom. The number of carbonyl (C=O) groups is 1. The summed E-state index contributed by atoms with van der Waals surface area (Å²) in [7, 11) is 0. The van der Waals surface area contributed by atoms with Crippen LogP contribution in [0.3, 0.4) is 0 Å². The van der Waals surface area contributed by atoms with Crippen LogP contribution >= 0.6 is 11.9 Å². The molecule has 3 heterocycles. The number of nitrogens with zero attached hydrogens (tertiary/aromatic N) is 3. The van der Waals surface area contributed by atoms with E-state index in [0.29, 0.717) is 22.4 Å². The standard InChI is InChI=1S/C22H19N9OS/c23-10-20(33-24)30-22(32)18-8-12-1-2-13(9-17(12)28-18)21-25-6-5-19(29-21)27-15-3-4-16-14(7-15)11-26-31-16/h1-11,28H,23-24H2,(H,26,31)(H,30,32)(H,25,27,29)/b20-10-. The molecule has 8 N–H and O–H groups in total. The molecule has 0 aliphatic carbocycles. The molecule has 10 nitrogen and oxygen atoms in total. The smallest absolute Gasteiger partial charge is 0.272 e. The van der Waals surface area contributed by atoms with Gasteiger partial charge in [0.1, 0.15) is 16.5 Å². The highest BCUT2D eigenvalue weighted by Crippen LogP contribution is 2.25. The number of hydrogen-bond donors (Lipinski definition) is 6. The number of carbonyl (C=O) groups excluding carboxylic acids is 1. The Kier molecular flexibility index (Phi) is 5.39. The third-order valence-corrected chi connectivity index (χ3v) is 5.50. The van der Waals surface area contributed by atoms with Crippen molar-refractivity contribution < 1.29 is 4.79 Å². The fourth-order valence-corrected chi connectivity index (χ4v) is 3.64. The molecule has 0 atom stereocenters. The minimum absolute atomic E-state index is 0.334. The maximum absolute atomic E-state index is 12.4. The SMILES string of the molecule is N/C=C(/NC(=O)c1cc2ccc(-c3nccc(Nc4ccc5[nH]ncc5c4)n3)cc2[nH]1)SN. The molecule has 0 unspecified atom stereocenters. The van der Waals surface area contributed by atoms with Gasteiger partial charge in [-0.2, -0.15) is 5.10 Å². The first kappa shape index (κ1) is 20.5. The predicted molar refractivity (Wildman–Crippen MR) is 130 cm³/mol. The van der Waals surface area contributed by atoms with Crippen molar-refractivity contribution in [3.8, 4) is 11.4 Å². The topological polar surface area (TPSA) is 163 Å². The Morgan fingerprint density at radius 2 is 1.97 bits per heavy atom. The van der Waals surface area contributed by atoms with Crippen molar-refractivity contribution in [2.75, 3.05) is 5.32 Å². The zero-order valence-corrected chi connectivity index (χ0v) is 18.0. The summed E-state index contributed by atoms with van der Waals surface area (Å²) in [5.41, 5.74) is 9.28. The number of amides is 1. The van der Waals surface area contributed by atoms with Gasteiger partial charge < -0.3 is 21.4 Å². The first-order chi connectivity index (χ1) is 16.1. The number of hydrogen-bond acceptors (Lipinski definition) is 8. The molecule has 1 amide bonds. The Bertz CT molecular complexity index is 1500. The fourth-order valence-electron chi connectivity index (χ4n) is 3.41. The van der Waals surface area contributed by atoms with Gasteiger partial charge in [0.25, 0.3) is 5.91 Å². The summed E-state index contributed by atoms with van der Waals surface area (Å²) in [5.74, 6) is 0.883. The van der Waals surface area contributed by atoms with E-state index in [1.807, 2.05) is 36.4 Å². The summed E-state index contributed by atoms with van der Waals surface area (Å²) < 4.78 is 0. The molecule has 0 saturated carbocycles. The lowest BCUT2D eigenvalue weighted by atomic mass is 10.1. The zero-order valence-electron chi connectivity index (χ0n) is 17.2. The predicted octanol–water partition coefficient (Wildman–Crippen LogP) is 3.34.